The van der Waals surface area contributed by atoms with Crippen LogP contribution in [-0.2, 0) is 19.1 Å². The number of carbonyl (C=O) groups excluding carboxylic acids is 2. The molecule has 19 heavy (non-hydrogen) atoms. The summed E-state index contributed by atoms with van der Waals surface area (Å²) in [6.07, 6.45) is -0.0389. The van der Waals surface area contributed by atoms with Gasteiger partial charge in [0.25, 0.3) is 0 Å². The van der Waals surface area contributed by atoms with Crippen molar-refractivity contribution in [3.8, 4) is 0 Å². The third-order valence-corrected chi connectivity index (χ3v) is 3.34. The van der Waals surface area contributed by atoms with Gasteiger partial charge in [-0.05, 0) is 6.92 Å². The van der Waals surface area contributed by atoms with Gasteiger partial charge in [0.2, 0.25) is 11.8 Å². The third kappa shape index (κ3) is 3.84. The molecule has 0 saturated carbocycles. The topological polar surface area (TPSA) is 95.9 Å². The molecular formula is C11H18N2O5S. The van der Waals surface area contributed by atoms with Crippen LogP contribution in [0.25, 0.3) is 0 Å². The molecule has 7 nitrogen and oxygen atoms in total. The lowest BCUT2D eigenvalue weighted by atomic mass is 10.2. The minimum absolute atomic E-state index is 0.0271. The van der Waals surface area contributed by atoms with Gasteiger partial charge >= 0.3 is 5.97 Å². The summed E-state index contributed by atoms with van der Waals surface area (Å²) in [6, 6.07) is -1.69. The Morgan fingerprint density at radius 2 is 2.16 bits per heavy atom. The van der Waals surface area contributed by atoms with Crippen molar-refractivity contribution in [2.75, 3.05) is 19.4 Å². The lowest BCUT2D eigenvalue weighted by Crippen LogP contribution is -2.50. The molecule has 1 rings (SSSR count). The van der Waals surface area contributed by atoms with Gasteiger partial charge in [-0.15, -0.1) is 0 Å². The van der Waals surface area contributed by atoms with E-state index in [2.05, 4.69) is 17.9 Å². The first-order valence-corrected chi connectivity index (χ1v) is 6.50. The molecule has 0 bridgehead atoms. The number of nitrogens with zero attached hydrogens (tertiary/aromatic N) is 1. The summed E-state index contributed by atoms with van der Waals surface area (Å²) in [5, 5.41) is 11.6. The van der Waals surface area contributed by atoms with Crippen LogP contribution in [0.4, 0.5) is 0 Å². The smallest absolute Gasteiger partial charge is 0.326 e. The standard InChI is InChI=1S/C11H18N2O5S/c1-6(12-9(14)5-19)10(15)13-4-7(18-2)3-8(13)11(16)17/h6-8,19H,3-5H2,1-2H3,(H,12,14)(H,16,17)/t6-,7?,8-/m0/s1. The van der Waals surface area contributed by atoms with E-state index in [0.29, 0.717) is 0 Å². The van der Waals surface area contributed by atoms with Gasteiger partial charge in [0.15, 0.2) is 0 Å². The van der Waals surface area contributed by atoms with Crippen molar-refractivity contribution in [2.45, 2.75) is 31.5 Å². The summed E-state index contributed by atoms with van der Waals surface area (Å²) in [7, 11) is 1.48. The quantitative estimate of drug-likeness (QED) is 0.572. The van der Waals surface area contributed by atoms with E-state index >= 15 is 0 Å². The molecule has 0 aromatic carbocycles. The van der Waals surface area contributed by atoms with Crippen molar-refractivity contribution in [2.24, 2.45) is 0 Å². The van der Waals surface area contributed by atoms with E-state index < -0.39 is 24.0 Å². The number of likely N-dealkylation sites (tertiary alicyclic amines) is 1. The number of nitrogens with one attached hydrogen (secondary N) is 1. The van der Waals surface area contributed by atoms with Crippen LogP contribution < -0.4 is 5.32 Å². The van der Waals surface area contributed by atoms with E-state index in [1.54, 1.807) is 0 Å². The fourth-order valence-corrected chi connectivity index (χ4v) is 2.13. The van der Waals surface area contributed by atoms with Crippen molar-refractivity contribution >= 4 is 30.4 Å². The van der Waals surface area contributed by atoms with E-state index in [9.17, 15) is 14.4 Å². The average molecular weight is 290 g/mol. The zero-order valence-corrected chi connectivity index (χ0v) is 11.7. The van der Waals surface area contributed by atoms with Crippen LogP contribution in [0.3, 0.4) is 0 Å². The van der Waals surface area contributed by atoms with Gasteiger partial charge in [0.1, 0.15) is 12.1 Å². The van der Waals surface area contributed by atoms with E-state index in [-0.39, 0.29) is 30.7 Å². The highest BCUT2D eigenvalue weighted by atomic mass is 32.1. The molecule has 0 aromatic rings. The normalized spacial score (nSPS) is 24.1. The maximum atomic E-state index is 12.1. The van der Waals surface area contributed by atoms with E-state index in [1.807, 2.05) is 0 Å². The maximum absolute atomic E-state index is 12.1. The van der Waals surface area contributed by atoms with Crippen molar-refractivity contribution in [3.63, 3.8) is 0 Å². The van der Waals surface area contributed by atoms with Gasteiger partial charge in [-0.3, -0.25) is 9.59 Å². The van der Waals surface area contributed by atoms with E-state index in [4.69, 9.17) is 9.84 Å². The first-order chi connectivity index (χ1) is 8.90. The minimum Gasteiger partial charge on any atom is -0.480 e. The van der Waals surface area contributed by atoms with Crippen molar-refractivity contribution in [3.05, 3.63) is 0 Å². The number of hydrogen-bond acceptors (Lipinski definition) is 5. The monoisotopic (exact) mass is 290 g/mol. The molecule has 1 heterocycles. The largest absolute Gasteiger partial charge is 0.480 e. The van der Waals surface area contributed by atoms with Gasteiger partial charge in [0.05, 0.1) is 11.9 Å². The van der Waals surface area contributed by atoms with Gasteiger partial charge in [-0.1, -0.05) is 0 Å². The highest BCUT2D eigenvalue weighted by Crippen LogP contribution is 2.21. The highest BCUT2D eigenvalue weighted by molar-refractivity contribution is 7.81. The summed E-state index contributed by atoms with van der Waals surface area (Å²) in [4.78, 5) is 35.7. The molecule has 1 saturated heterocycles. The number of thiol groups is 1. The molecule has 108 valence electrons. The Bertz CT molecular complexity index is 376. The summed E-state index contributed by atoms with van der Waals surface area (Å²) in [5.74, 6) is -1.90. The highest BCUT2D eigenvalue weighted by Gasteiger charge is 2.41. The summed E-state index contributed by atoms with van der Waals surface area (Å²) >= 11 is 3.80. The molecular weight excluding hydrogens is 272 g/mol. The van der Waals surface area contributed by atoms with Crippen LogP contribution in [0, 0.1) is 0 Å². The summed E-state index contributed by atoms with van der Waals surface area (Å²) < 4.78 is 5.10. The second kappa shape index (κ2) is 6.76. The minimum atomic E-state index is -1.07. The molecule has 0 spiro atoms. The Hall–Kier alpha value is -1.28. The molecule has 2 amide bonds. The molecule has 1 aliphatic rings. The summed E-state index contributed by atoms with van der Waals surface area (Å²) in [6.45, 7) is 1.73. The Kier molecular flexibility index (Phi) is 5.61. The Morgan fingerprint density at radius 3 is 2.63 bits per heavy atom. The number of carboxylic acid groups (broad SMARTS) is 1. The lowest BCUT2D eigenvalue weighted by molar-refractivity contribution is -0.149. The van der Waals surface area contributed by atoms with Crippen molar-refractivity contribution in [1.82, 2.24) is 10.2 Å². The van der Waals surface area contributed by atoms with Crippen LogP contribution in [0.1, 0.15) is 13.3 Å². The van der Waals surface area contributed by atoms with E-state index in [1.165, 1.54) is 18.9 Å². The predicted molar refractivity (Wildman–Crippen MR) is 70.0 cm³/mol. The number of ether oxygens (including phenoxy) is 1. The SMILES string of the molecule is COC1C[C@@H](C(=O)O)N(C(=O)[C@H](C)NC(=O)CS)C1. The van der Waals surface area contributed by atoms with Crippen molar-refractivity contribution in [1.29, 1.82) is 0 Å². The maximum Gasteiger partial charge on any atom is 0.326 e. The number of carboxylic acids is 1. The van der Waals surface area contributed by atoms with Gasteiger partial charge < -0.3 is 20.1 Å². The van der Waals surface area contributed by atoms with Gasteiger partial charge in [-0.25, -0.2) is 4.79 Å². The molecule has 0 aromatic heterocycles. The molecule has 0 aliphatic carbocycles. The zero-order chi connectivity index (χ0) is 14.6. The Labute approximate surface area is 116 Å². The summed E-state index contributed by atoms with van der Waals surface area (Å²) in [5.41, 5.74) is 0. The number of rotatable bonds is 5. The van der Waals surface area contributed by atoms with Crippen LogP contribution in [0.5, 0.6) is 0 Å². The number of aliphatic carboxylic acids is 1. The second-order valence-corrected chi connectivity index (χ2v) is 4.70. The van der Waals surface area contributed by atoms with Crippen LogP contribution in [-0.4, -0.2) is 65.4 Å². The second-order valence-electron chi connectivity index (χ2n) is 4.39. The predicted octanol–water partition coefficient (Wildman–Crippen LogP) is -0.879. The first kappa shape index (κ1) is 15.8. The first-order valence-electron chi connectivity index (χ1n) is 5.87. The Morgan fingerprint density at radius 1 is 1.53 bits per heavy atom. The fraction of sp³-hybridized carbons (Fsp3) is 0.727. The number of methoxy groups -OCH3 is 1. The van der Waals surface area contributed by atoms with Crippen LogP contribution in [0.15, 0.2) is 0 Å². The van der Waals surface area contributed by atoms with E-state index in [0.717, 1.165) is 0 Å². The van der Waals surface area contributed by atoms with Gasteiger partial charge in [0, 0.05) is 20.1 Å². The third-order valence-electron chi connectivity index (χ3n) is 3.06. The number of carbonyl (C=O) groups is 3. The average Bonchev–Trinajstić information content (AvgIpc) is 2.81. The van der Waals surface area contributed by atoms with Gasteiger partial charge in [-0.2, -0.15) is 12.6 Å². The lowest BCUT2D eigenvalue weighted by Gasteiger charge is -2.25. The number of amides is 2. The molecule has 3 atom stereocenters. The molecule has 1 unspecified atom stereocenters. The Balaban J connectivity index is 2.73. The molecule has 0 radical (unpaired) electrons. The van der Waals surface area contributed by atoms with Crippen molar-refractivity contribution < 1.29 is 24.2 Å². The zero-order valence-electron chi connectivity index (χ0n) is 10.8. The fourth-order valence-electron chi connectivity index (χ4n) is 2.04. The van der Waals surface area contributed by atoms with Crippen LogP contribution >= 0.6 is 12.6 Å². The molecule has 1 fully saturated rings. The molecule has 2 N–H and O–H groups in total. The molecule has 1 aliphatic heterocycles. The number of hydrogen-bond donors (Lipinski definition) is 3. The molecule has 8 heteroatoms. The van der Waals surface area contributed by atoms with Crippen LogP contribution in [0.2, 0.25) is 0 Å².